The average Bonchev–Trinajstić information content (AvgIpc) is 2.54. The van der Waals surface area contributed by atoms with Crippen molar-refractivity contribution in [2.45, 2.75) is 32.1 Å². The van der Waals surface area contributed by atoms with E-state index >= 15 is 0 Å². The third-order valence-electron chi connectivity index (χ3n) is 4.01. The Labute approximate surface area is 134 Å². The lowest BCUT2D eigenvalue weighted by Crippen LogP contribution is -2.24. The van der Waals surface area contributed by atoms with E-state index in [1.54, 1.807) is 12.3 Å². The quantitative estimate of drug-likeness (QED) is 0.852. The van der Waals surface area contributed by atoms with Crippen LogP contribution in [0.4, 0.5) is 10.1 Å². The highest BCUT2D eigenvalue weighted by atomic mass is 19.1. The first kappa shape index (κ1) is 15.5. The number of unbranched alkanes of at least 4 members (excludes halogenated alkanes) is 1. The van der Waals surface area contributed by atoms with E-state index in [1.165, 1.54) is 6.20 Å². The highest BCUT2D eigenvalue weighted by Crippen LogP contribution is 2.39. The molecule has 23 heavy (non-hydrogen) atoms. The molecule has 1 aliphatic rings. The van der Waals surface area contributed by atoms with Gasteiger partial charge in [0.05, 0.1) is 12.8 Å². The highest BCUT2D eigenvalue weighted by Gasteiger charge is 2.28. The zero-order valence-electron chi connectivity index (χ0n) is 13.0. The molecular weight excluding hydrogens is 295 g/mol. The van der Waals surface area contributed by atoms with Crippen LogP contribution in [0.1, 0.15) is 43.2 Å². The van der Waals surface area contributed by atoms with Crippen molar-refractivity contribution in [3.05, 3.63) is 53.6 Å². The number of anilines is 1. The molecule has 0 saturated heterocycles. The molecule has 0 saturated carbocycles. The number of hydrogen-bond acceptors (Lipinski definition) is 3. The Bertz CT molecular complexity index is 718. The van der Waals surface area contributed by atoms with Crippen LogP contribution in [0.25, 0.3) is 0 Å². The fraction of sp³-hybridized carbons (Fsp3) is 0.333. The van der Waals surface area contributed by atoms with Crippen LogP contribution in [-0.4, -0.2) is 17.5 Å². The molecule has 0 unspecified atom stereocenters. The minimum Gasteiger partial charge on any atom is -0.494 e. The van der Waals surface area contributed by atoms with E-state index < -0.39 is 0 Å². The standard InChI is InChI=1S/C18H19FN2O2/c1-2-3-8-23-12-4-5-14-15(10-18(22)21-17(14)9-12)13-6-7-20-11-16(13)19/h4-7,9,11,15H,2-3,8,10H2,1H3,(H,21,22)/t15-/m0/s1. The Morgan fingerprint density at radius 1 is 1.35 bits per heavy atom. The maximum absolute atomic E-state index is 14.1. The van der Waals surface area contributed by atoms with Crippen molar-refractivity contribution < 1.29 is 13.9 Å². The molecule has 2 heterocycles. The summed E-state index contributed by atoms with van der Waals surface area (Å²) >= 11 is 0. The summed E-state index contributed by atoms with van der Waals surface area (Å²) in [4.78, 5) is 15.8. The Hall–Kier alpha value is -2.43. The highest BCUT2D eigenvalue weighted by molar-refractivity contribution is 5.95. The van der Waals surface area contributed by atoms with Gasteiger partial charge in [-0.15, -0.1) is 0 Å². The van der Waals surface area contributed by atoms with Gasteiger partial charge in [-0.05, 0) is 29.7 Å². The van der Waals surface area contributed by atoms with Crippen molar-refractivity contribution in [1.29, 1.82) is 0 Å². The van der Waals surface area contributed by atoms with Crippen LogP contribution < -0.4 is 10.1 Å². The van der Waals surface area contributed by atoms with Gasteiger partial charge < -0.3 is 10.1 Å². The smallest absolute Gasteiger partial charge is 0.225 e. The molecule has 1 amide bonds. The summed E-state index contributed by atoms with van der Waals surface area (Å²) in [5.41, 5.74) is 2.09. The SMILES string of the molecule is CCCCOc1ccc2c(c1)NC(=O)C[C@H]2c1ccncc1F. The number of carbonyl (C=O) groups is 1. The summed E-state index contributed by atoms with van der Waals surface area (Å²) in [6.45, 7) is 2.75. The summed E-state index contributed by atoms with van der Waals surface area (Å²) in [6, 6.07) is 7.22. The predicted octanol–water partition coefficient (Wildman–Crippen LogP) is 3.87. The third-order valence-corrected chi connectivity index (χ3v) is 4.01. The molecule has 120 valence electrons. The third kappa shape index (κ3) is 3.33. The van der Waals surface area contributed by atoms with Gasteiger partial charge in [-0.25, -0.2) is 4.39 Å². The number of benzene rings is 1. The lowest BCUT2D eigenvalue weighted by Gasteiger charge is -2.26. The average molecular weight is 314 g/mol. The van der Waals surface area contributed by atoms with Gasteiger partial charge in [-0.1, -0.05) is 19.4 Å². The van der Waals surface area contributed by atoms with Gasteiger partial charge >= 0.3 is 0 Å². The van der Waals surface area contributed by atoms with Gasteiger partial charge in [-0.2, -0.15) is 0 Å². The lowest BCUT2D eigenvalue weighted by molar-refractivity contribution is -0.116. The number of hydrogen-bond donors (Lipinski definition) is 1. The van der Waals surface area contributed by atoms with E-state index in [2.05, 4.69) is 17.2 Å². The Morgan fingerprint density at radius 2 is 2.22 bits per heavy atom. The number of rotatable bonds is 5. The van der Waals surface area contributed by atoms with Crippen LogP contribution in [0, 0.1) is 5.82 Å². The monoisotopic (exact) mass is 314 g/mol. The van der Waals surface area contributed by atoms with Crippen molar-refractivity contribution in [1.82, 2.24) is 4.98 Å². The van der Waals surface area contributed by atoms with E-state index in [0.29, 0.717) is 23.6 Å². The molecule has 1 aromatic carbocycles. The molecule has 1 aliphatic heterocycles. The molecule has 0 spiro atoms. The van der Waals surface area contributed by atoms with E-state index in [-0.39, 0.29) is 24.1 Å². The van der Waals surface area contributed by atoms with Gasteiger partial charge in [-0.3, -0.25) is 9.78 Å². The Morgan fingerprint density at radius 3 is 3.00 bits per heavy atom. The molecule has 2 aromatic rings. The molecule has 0 radical (unpaired) electrons. The summed E-state index contributed by atoms with van der Waals surface area (Å²) in [5, 5.41) is 2.85. The number of carbonyl (C=O) groups excluding carboxylic acids is 1. The van der Waals surface area contributed by atoms with Crippen LogP contribution in [0.15, 0.2) is 36.7 Å². The maximum atomic E-state index is 14.1. The topological polar surface area (TPSA) is 51.2 Å². The van der Waals surface area contributed by atoms with Gasteiger partial charge in [0.25, 0.3) is 0 Å². The second-order valence-corrected chi connectivity index (χ2v) is 5.65. The number of ether oxygens (including phenoxy) is 1. The molecule has 1 atom stereocenters. The molecule has 3 rings (SSSR count). The zero-order chi connectivity index (χ0) is 16.2. The van der Waals surface area contributed by atoms with Crippen molar-refractivity contribution >= 4 is 11.6 Å². The van der Waals surface area contributed by atoms with E-state index in [0.717, 1.165) is 18.4 Å². The van der Waals surface area contributed by atoms with Gasteiger partial charge in [0.1, 0.15) is 11.6 Å². The number of halogens is 1. The molecule has 4 nitrogen and oxygen atoms in total. The minimum atomic E-state index is -0.388. The number of fused-ring (bicyclic) bond motifs is 1. The molecule has 1 aromatic heterocycles. The number of amides is 1. The van der Waals surface area contributed by atoms with Crippen LogP contribution in [0.2, 0.25) is 0 Å². The predicted molar refractivity (Wildman–Crippen MR) is 86.1 cm³/mol. The fourth-order valence-corrected chi connectivity index (χ4v) is 2.81. The summed E-state index contributed by atoms with van der Waals surface area (Å²) in [5.74, 6) is -0.0920. The van der Waals surface area contributed by atoms with E-state index in [4.69, 9.17) is 4.74 Å². The van der Waals surface area contributed by atoms with Crippen LogP contribution >= 0.6 is 0 Å². The van der Waals surface area contributed by atoms with Gasteiger partial charge in [0.15, 0.2) is 0 Å². The van der Waals surface area contributed by atoms with E-state index in [1.807, 2.05) is 18.2 Å². The van der Waals surface area contributed by atoms with Gasteiger partial charge in [0, 0.05) is 30.3 Å². The van der Waals surface area contributed by atoms with Gasteiger partial charge in [0.2, 0.25) is 5.91 Å². The van der Waals surface area contributed by atoms with Crippen LogP contribution in [0.3, 0.4) is 0 Å². The van der Waals surface area contributed by atoms with Crippen molar-refractivity contribution in [2.75, 3.05) is 11.9 Å². The number of pyridine rings is 1. The molecule has 0 aliphatic carbocycles. The zero-order valence-corrected chi connectivity index (χ0v) is 13.0. The fourth-order valence-electron chi connectivity index (χ4n) is 2.81. The molecule has 1 N–H and O–H groups in total. The second kappa shape index (κ2) is 6.77. The largest absolute Gasteiger partial charge is 0.494 e. The maximum Gasteiger partial charge on any atom is 0.225 e. The summed E-state index contributed by atoms with van der Waals surface area (Å²) in [7, 11) is 0. The minimum absolute atomic E-state index is 0.121. The number of nitrogens with one attached hydrogen (secondary N) is 1. The summed E-state index contributed by atoms with van der Waals surface area (Å²) in [6.07, 6.45) is 5.00. The van der Waals surface area contributed by atoms with Crippen LogP contribution in [0.5, 0.6) is 5.75 Å². The first-order valence-corrected chi connectivity index (χ1v) is 7.85. The first-order valence-electron chi connectivity index (χ1n) is 7.85. The Balaban J connectivity index is 1.92. The molecule has 5 heteroatoms. The van der Waals surface area contributed by atoms with Crippen molar-refractivity contribution in [3.63, 3.8) is 0 Å². The van der Waals surface area contributed by atoms with Crippen molar-refractivity contribution in [2.24, 2.45) is 0 Å². The first-order chi connectivity index (χ1) is 11.2. The summed E-state index contributed by atoms with van der Waals surface area (Å²) < 4.78 is 19.7. The lowest BCUT2D eigenvalue weighted by atomic mass is 9.85. The van der Waals surface area contributed by atoms with E-state index in [9.17, 15) is 9.18 Å². The van der Waals surface area contributed by atoms with Crippen LogP contribution in [-0.2, 0) is 4.79 Å². The van der Waals surface area contributed by atoms with Crippen molar-refractivity contribution in [3.8, 4) is 5.75 Å². The molecular formula is C18H19FN2O2. The normalized spacial score (nSPS) is 16.6. The molecule has 0 bridgehead atoms. The second-order valence-electron chi connectivity index (χ2n) is 5.65. The Kier molecular flexibility index (Phi) is 4.55. The number of nitrogens with zero attached hydrogens (tertiary/aromatic N) is 1. The molecule has 0 fully saturated rings. The number of aromatic nitrogens is 1.